The van der Waals surface area contributed by atoms with Gasteiger partial charge in [-0.25, -0.2) is 0 Å². The van der Waals surface area contributed by atoms with Crippen molar-refractivity contribution in [2.24, 2.45) is 0 Å². The van der Waals surface area contributed by atoms with Crippen LogP contribution in [0.25, 0.3) is 0 Å². The maximum Gasteiger partial charge on any atom is 0.0963 e. The third-order valence-corrected chi connectivity index (χ3v) is 4.53. The summed E-state index contributed by atoms with van der Waals surface area (Å²) in [4.78, 5) is 2.47. The Kier molecular flexibility index (Phi) is 4.89. The number of halogens is 1. The van der Waals surface area contributed by atoms with Gasteiger partial charge in [-0.15, -0.1) is 0 Å². The van der Waals surface area contributed by atoms with Crippen molar-refractivity contribution in [2.75, 3.05) is 39.5 Å². The monoisotopic (exact) mass is 337 g/mol. The van der Waals surface area contributed by atoms with Crippen LogP contribution in [0.5, 0.6) is 0 Å². The van der Waals surface area contributed by atoms with Gasteiger partial charge in [0.1, 0.15) is 0 Å². The predicted octanol–water partition coefficient (Wildman–Crippen LogP) is 3.17. The van der Waals surface area contributed by atoms with Gasteiger partial charge < -0.3 is 9.47 Å². The van der Waals surface area contributed by atoms with Crippen LogP contribution in [0.4, 0.5) is 0 Å². The molecule has 1 aromatic rings. The Bertz CT molecular complexity index is 489. The molecule has 0 spiro atoms. The van der Waals surface area contributed by atoms with E-state index in [1.807, 2.05) is 6.07 Å². The molecule has 1 unspecified atom stereocenters. The third-order valence-electron chi connectivity index (χ3n) is 3.81. The van der Waals surface area contributed by atoms with Gasteiger partial charge in [0.2, 0.25) is 0 Å². The van der Waals surface area contributed by atoms with Crippen LogP contribution < -0.4 is 0 Å². The lowest BCUT2D eigenvalue weighted by Gasteiger charge is -2.34. The molecule has 4 heteroatoms. The van der Waals surface area contributed by atoms with Crippen molar-refractivity contribution in [3.8, 4) is 0 Å². The molecule has 1 aromatic carbocycles. The second-order valence-corrected chi connectivity index (χ2v) is 6.17. The summed E-state index contributed by atoms with van der Waals surface area (Å²) in [5.41, 5.74) is 2.65. The minimum absolute atomic E-state index is 0.157. The highest BCUT2D eigenvalue weighted by atomic mass is 79.9. The zero-order valence-corrected chi connectivity index (χ0v) is 13.1. The molecule has 1 fully saturated rings. The molecule has 3 rings (SSSR count). The second-order valence-electron chi connectivity index (χ2n) is 5.32. The fourth-order valence-corrected chi connectivity index (χ4v) is 3.32. The summed E-state index contributed by atoms with van der Waals surface area (Å²) in [6, 6.07) is 8.33. The van der Waals surface area contributed by atoms with E-state index < -0.39 is 0 Å². The molecule has 0 aliphatic carbocycles. The summed E-state index contributed by atoms with van der Waals surface area (Å²) in [6.07, 6.45) is 3.53. The summed E-state index contributed by atoms with van der Waals surface area (Å²) >= 11 is 3.62. The van der Waals surface area contributed by atoms with Gasteiger partial charge in [0.25, 0.3) is 0 Å². The Morgan fingerprint density at radius 2 is 2.15 bits per heavy atom. The van der Waals surface area contributed by atoms with Gasteiger partial charge in [-0.05, 0) is 23.6 Å². The molecule has 2 aliphatic heterocycles. The highest BCUT2D eigenvalue weighted by Gasteiger charge is 2.24. The highest BCUT2D eigenvalue weighted by Crippen LogP contribution is 2.28. The lowest BCUT2D eigenvalue weighted by molar-refractivity contribution is -0.0284. The van der Waals surface area contributed by atoms with Crippen LogP contribution in [0.1, 0.15) is 18.1 Å². The van der Waals surface area contributed by atoms with Crippen molar-refractivity contribution >= 4 is 15.9 Å². The van der Waals surface area contributed by atoms with Crippen LogP contribution in [0.2, 0.25) is 0 Å². The first-order valence-corrected chi connectivity index (χ1v) is 7.96. The molecule has 0 saturated carbocycles. The molecule has 0 amide bonds. The smallest absolute Gasteiger partial charge is 0.0963 e. The zero-order chi connectivity index (χ0) is 13.8. The molecule has 108 valence electrons. The van der Waals surface area contributed by atoms with E-state index in [0.29, 0.717) is 0 Å². The molecule has 3 nitrogen and oxygen atoms in total. The second kappa shape index (κ2) is 6.85. The van der Waals surface area contributed by atoms with Gasteiger partial charge in [0, 0.05) is 24.1 Å². The Labute approximate surface area is 128 Å². The predicted molar refractivity (Wildman–Crippen MR) is 82.8 cm³/mol. The molecule has 2 aliphatic rings. The van der Waals surface area contributed by atoms with Gasteiger partial charge >= 0.3 is 0 Å². The van der Waals surface area contributed by atoms with Gasteiger partial charge in [-0.1, -0.05) is 40.2 Å². The number of morpholine rings is 1. The van der Waals surface area contributed by atoms with E-state index in [-0.39, 0.29) is 6.10 Å². The lowest BCUT2D eigenvalue weighted by atomic mass is 10.1. The SMILES string of the molecule is Brc1ccccc1C1CN(CC2=CCCOC2)CCO1. The number of rotatable bonds is 3. The Hall–Kier alpha value is -0.680. The number of hydrogen-bond donors (Lipinski definition) is 0. The molecule has 0 aromatic heterocycles. The maximum atomic E-state index is 5.94. The molecule has 1 saturated heterocycles. The van der Waals surface area contributed by atoms with Crippen LogP contribution in [-0.4, -0.2) is 44.4 Å². The molecule has 1 atom stereocenters. The van der Waals surface area contributed by atoms with E-state index in [1.165, 1.54) is 11.1 Å². The summed E-state index contributed by atoms with van der Waals surface area (Å²) in [5.74, 6) is 0. The first kappa shape index (κ1) is 14.3. The van der Waals surface area contributed by atoms with Crippen molar-refractivity contribution in [3.63, 3.8) is 0 Å². The first-order valence-electron chi connectivity index (χ1n) is 7.17. The zero-order valence-electron chi connectivity index (χ0n) is 11.6. The van der Waals surface area contributed by atoms with Crippen LogP contribution in [0, 0.1) is 0 Å². The maximum absolute atomic E-state index is 5.94. The van der Waals surface area contributed by atoms with E-state index >= 15 is 0 Å². The minimum atomic E-state index is 0.157. The average Bonchev–Trinajstić information content (AvgIpc) is 2.49. The van der Waals surface area contributed by atoms with Crippen molar-refractivity contribution in [1.82, 2.24) is 4.90 Å². The van der Waals surface area contributed by atoms with E-state index in [1.54, 1.807) is 0 Å². The molecule has 20 heavy (non-hydrogen) atoms. The number of hydrogen-bond acceptors (Lipinski definition) is 3. The quantitative estimate of drug-likeness (QED) is 0.791. The van der Waals surface area contributed by atoms with Gasteiger partial charge in [-0.3, -0.25) is 4.90 Å². The van der Waals surface area contributed by atoms with E-state index in [4.69, 9.17) is 9.47 Å². The molecular weight excluding hydrogens is 318 g/mol. The summed E-state index contributed by atoms with van der Waals surface area (Å²) in [5, 5.41) is 0. The van der Waals surface area contributed by atoms with Crippen LogP contribution >= 0.6 is 15.9 Å². The Morgan fingerprint density at radius 1 is 1.25 bits per heavy atom. The van der Waals surface area contributed by atoms with Gasteiger partial charge in [0.15, 0.2) is 0 Å². The van der Waals surface area contributed by atoms with Gasteiger partial charge in [-0.2, -0.15) is 0 Å². The first-order chi connectivity index (χ1) is 9.83. The van der Waals surface area contributed by atoms with Crippen molar-refractivity contribution in [1.29, 1.82) is 0 Å². The van der Waals surface area contributed by atoms with Crippen LogP contribution in [0.3, 0.4) is 0 Å². The fourth-order valence-electron chi connectivity index (χ4n) is 2.78. The number of nitrogens with zero attached hydrogens (tertiary/aromatic N) is 1. The lowest BCUT2D eigenvalue weighted by Crippen LogP contribution is -2.40. The largest absolute Gasteiger partial charge is 0.377 e. The number of ether oxygens (including phenoxy) is 2. The Balaban J connectivity index is 1.64. The van der Waals surface area contributed by atoms with Crippen LogP contribution in [-0.2, 0) is 9.47 Å². The molecule has 0 N–H and O–H groups in total. The summed E-state index contributed by atoms with van der Waals surface area (Å²) in [6.45, 7) is 5.39. The van der Waals surface area contributed by atoms with E-state index in [0.717, 1.165) is 50.3 Å². The summed E-state index contributed by atoms with van der Waals surface area (Å²) in [7, 11) is 0. The molecule has 0 radical (unpaired) electrons. The average molecular weight is 338 g/mol. The molecule has 2 heterocycles. The Morgan fingerprint density at radius 3 is 2.95 bits per heavy atom. The van der Waals surface area contributed by atoms with E-state index in [9.17, 15) is 0 Å². The van der Waals surface area contributed by atoms with Crippen molar-refractivity contribution in [2.45, 2.75) is 12.5 Å². The van der Waals surface area contributed by atoms with Crippen molar-refractivity contribution < 1.29 is 9.47 Å². The van der Waals surface area contributed by atoms with E-state index in [2.05, 4.69) is 45.1 Å². The fraction of sp³-hybridized carbons (Fsp3) is 0.500. The third kappa shape index (κ3) is 3.50. The van der Waals surface area contributed by atoms with Gasteiger partial charge in [0.05, 0.1) is 25.9 Å². The topological polar surface area (TPSA) is 21.7 Å². The summed E-state index contributed by atoms with van der Waals surface area (Å²) < 4.78 is 12.6. The standard InChI is InChI=1S/C16H20BrNO2/c17-15-6-2-1-5-14(15)16-11-18(7-9-20-16)10-13-4-3-8-19-12-13/h1-2,4-6,16H,3,7-12H2. The normalized spacial score (nSPS) is 24.4. The molecule has 0 bridgehead atoms. The minimum Gasteiger partial charge on any atom is -0.377 e. The highest BCUT2D eigenvalue weighted by molar-refractivity contribution is 9.10. The van der Waals surface area contributed by atoms with Crippen LogP contribution in [0.15, 0.2) is 40.4 Å². The number of benzene rings is 1. The van der Waals surface area contributed by atoms with Crippen molar-refractivity contribution in [3.05, 3.63) is 46.0 Å². The molecular formula is C16H20BrNO2.